The molecule has 3 atom stereocenters. The quantitative estimate of drug-likeness (QED) is 0.324. The number of rotatable bonds is 11. The van der Waals surface area contributed by atoms with Crippen LogP contribution in [0.1, 0.15) is 19.3 Å². The number of aliphatic carboxylic acids is 3. The van der Waals surface area contributed by atoms with E-state index in [2.05, 4.69) is 0 Å². The fourth-order valence-corrected chi connectivity index (χ4v) is 3.88. The van der Waals surface area contributed by atoms with Gasteiger partial charge in [0.15, 0.2) is 0 Å². The zero-order valence-electron chi connectivity index (χ0n) is 11.6. The number of nitrogens with two attached hydrogens (primary N) is 1. The minimum absolute atomic E-state index is 0.0568. The van der Waals surface area contributed by atoms with E-state index >= 15 is 0 Å². The van der Waals surface area contributed by atoms with E-state index in [0.717, 1.165) is 0 Å². The molecule has 3 unspecified atom stereocenters. The first-order valence-corrected chi connectivity index (χ1v) is 8.23. The summed E-state index contributed by atoms with van der Waals surface area (Å²) in [4.78, 5) is 42.5. The van der Waals surface area contributed by atoms with Crippen LogP contribution in [-0.4, -0.2) is 63.6 Å². The Kier molecular flexibility index (Phi) is 8.34. The normalized spacial score (nSPS) is 16.7. The fourth-order valence-electron chi connectivity index (χ4n) is 1.66. The molecule has 0 heterocycles. The Hall–Kier alpha value is -1.28. The molecule has 6 N–H and O–H groups in total. The predicted molar refractivity (Wildman–Crippen MR) is 74.1 cm³/mol. The summed E-state index contributed by atoms with van der Waals surface area (Å²) in [5, 5.41) is 26.3. The monoisotopic (exact) mass is 326 g/mol. The Morgan fingerprint density at radius 1 is 1.14 bits per heavy atom. The molecule has 0 aromatic rings. The lowest BCUT2D eigenvalue weighted by Gasteiger charge is -2.21. The van der Waals surface area contributed by atoms with Gasteiger partial charge in [-0.05, 0) is 6.42 Å². The molecule has 10 heteroatoms. The molecular formula is C11H21NO8P+. The van der Waals surface area contributed by atoms with Crippen molar-refractivity contribution >= 4 is 25.6 Å². The van der Waals surface area contributed by atoms with E-state index in [0.29, 0.717) is 0 Å². The third-order valence-corrected chi connectivity index (χ3v) is 5.66. The lowest BCUT2D eigenvalue weighted by molar-refractivity contribution is -0.142. The molecule has 0 saturated heterocycles. The van der Waals surface area contributed by atoms with Crippen LogP contribution in [0.4, 0.5) is 0 Å². The molecule has 122 valence electrons. The second kappa shape index (κ2) is 8.89. The van der Waals surface area contributed by atoms with Crippen LogP contribution in [0.3, 0.4) is 0 Å². The molecule has 0 aliphatic rings. The van der Waals surface area contributed by atoms with Gasteiger partial charge in [-0.25, -0.2) is 9.42 Å². The van der Waals surface area contributed by atoms with Crippen LogP contribution in [0.2, 0.25) is 0 Å². The fraction of sp³-hybridized carbons (Fsp3) is 0.727. The Labute approximate surface area is 122 Å². The van der Waals surface area contributed by atoms with Crippen LogP contribution in [-0.2, 0) is 18.9 Å². The number of hydrogen-bond donors (Lipinski definition) is 5. The number of carboxylic acids is 3. The van der Waals surface area contributed by atoms with E-state index in [-0.39, 0.29) is 31.6 Å². The molecule has 0 amide bonds. The van der Waals surface area contributed by atoms with E-state index in [1.807, 2.05) is 0 Å². The highest BCUT2D eigenvalue weighted by atomic mass is 31.2. The van der Waals surface area contributed by atoms with Crippen molar-refractivity contribution in [1.29, 1.82) is 0 Å². The molecule has 0 saturated carbocycles. The van der Waals surface area contributed by atoms with E-state index in [9.17, 15) is 19.3 Å². The summed E-state index contributed by atoms with van der Waals surface area (Å²) in [5.74, 6) is -4.65. The lowest BCUT2D eigenvalue weighted by Crippen LogP contribution is -2.32. The van der Waals surface area contributed by atoms with Gasteiger partial charge in [0.05, 0.1) is 13.0 Å². The predicted octanol–water partition coefficient (Wildman–Crippen LogP) is -0.160. The average Bonchev–Trinajstić information content (AvgIpc) is 2.40. The van der Waals surface area contributed by atoms with E-state index < -0.39 is 37.6 Å². The Balaban J connectivity index is 4.68. The summed E-state index contributed by atoms with van der Waals surface area (Å²) < 4.78 is 4.96. The molecule has 0 radical (unpaired) electrons. The largest absolute Gasteiger partial charge is 0.481 e. The van der Waals surface area contributed by atoms with Crippen LogP contribution in [0.5, 0.6) is 0 Å². The number of carbonyl (C=O) groups is 3. The van der Waals surface area contributed by atoms with Gasteiger partial charge in [-0.1, -0.05) is 0 Å². The summed E-state index contributed by atoms with van der Waals surface area (Å²) in [7, 11) is -1.93. The van der Waals surface area contributed by atoms with E-state index in [4.69, 9.17) is 25.6 Å². The highest BCUT2D eigenvalue weighted by Crippen LogP contribution is 2.57. The van der Waals surface area contributed by atoms with Gasteiger partial charge in [0.1, 0.15) is 18.4 Å². The van der Waals surface area contributed by atoms with Crippen molar-refractivity contribution in [1.82, 2.24) is 0 Å². The molecular weight excluding hydrogens is 305 g/mol. The second-order valence-electron chi connectivity index (χ2n) is 4.64. The molecule has 9 nitrogen and oxygen atoms in total. The van der Waals surface area contributed by atoms with Crippen molar-refractivity contribution in [2.24, 2.45) is 11.7 Å². The first-order chi connectivity index (χ1) is 9.61. The summed E-state index contributed by atoms with van der Waals surface area (Å²) in [6.45, 7) is 0. The minimum atomic E-state index is -3.13. The van der Waals surface area contributed by atoms with Crippen LogP contribution in [0, 0.1) is 5.92 Å². The van der Waals surface area contributed by atoms with Crippen LogP contribution in [0.15, 0.2) is 0 Å². The summed E-state index contributed by atoms with van der Waals surface area (Å²) in [5.41, 5.74) is 5.32. The summed E-state index contributed by atoms with van der Waals surface area (Å²) in [6.07, 6.45) is -0.832. The molecule has 0 aromatic heterocycles. The number of carboxylic acid groups (broad SMARTS) is 3. The Morgan fingerprint density at radius 2 is 1.71 bits per heavy atom. The van der Waals surface area contributed by atoms with Crippen LogP contribution >= 0.6 is 7.72 Å². The smallest absolute Gasteiger partial charge is 0.320 e. The van der Waals surface area contributed by atoms with Crippen molar-refractivity contribution < 1.29 is 39.1 Å². The van der Waals surface area contributed by atoms with Gasteiger partial charge in [-0.15, -0.1) is 0 Å². The van der Waals surface area contributed by atoms with Gasteiger partial charge in [0.25, 0.3) is 7.72 Å². The maximum Gasteiger partial charge on any atom is 0.320 e. The Morgan fingerprint density at radius 3 is 2.10 bits per heavy atom. The third-order valence-electron chi connectivity index (χ3n) is 3.01. The zero-order chi connectivity index (χ0) is 16.6. The molecule has 0 fully saturated rings. The first kappa shape index (κ1) is 19.7. The topological polar surface area (TPSA) is 167 Å². The van der Waals surface area contributed by atoms with Gasteiger partial charge in [-0.3, -0.25) is 14.4 Å². The average molecular weight is 326 g/mol. The standard InChI is InChI=1S/C11H20NO8P/c1-20-21(19,5-4-8(12)11(17)18)6-7(10(15)16)2-3-9(13)14/h7-8,19H,2-6,12H2,1H3,(H2-,13,14,15,16,17,18)/p+1. The molecule has 21 heavy (non-hydrogen) atoms. The van der Waals surface area contributed by atoms with E-state index in [1.54, 1.807) is 0 Å². The van der Waals surface area contributed by atoms with Gasteiger partial charge in [0, 0.05) is 12.8 Å². The molecule has 0 aliphatic heterocycles. The summed E-state index contributed by atoms with van der Waals surface area (Å²) >= 11 is 0. The molecule has 0 spiro atoms. The minimum Gasteiger partial charge on any atom is -0.481 e. The third kappa shape index (κ3) is 7.91. The van der Waals surface area contributed by atoms with Gasteiger partial charge in [0.2, 0.25) is 0 Å². The van der Waals surface area contributed by atoms with Crippen LogP contribution in [0.25, 0.3) is 0 Å². The van der Waals surface area contributed by atoms with Crippen molar-refractivity contribution in [3.63, 3.8) is 0 Å². The number of hydrogen-bond acceptors (Lipinski definition) is 6. The molecule has 0 rings (SSSR count). The van der Waals surface area contributed by atoms with Gasteiger partial charge in [-0.2, -0.15) is 0 Å². The maximum atomic E-state index is 11.1. The zero-order valence-corrected chi connectivity index (χ0v) is 12.5. The highest BCUT2D eigenvalue weighted by molar-refractivity contribution is 7.65. The summed E-state index contributed by atoms with van der Waals surface area (Å²) in [6, 6.07) is -1.17. The maximum absolute atomic E-state index is 11.1. The molecule has 0 aromatic carbocycles. The van der Waals surface area contributed by atoms with Crippen LogP contribution < -0.4 is 5.73 Å². The van der Waals surface area contributed by atoms with Gasteiger partial charge >= 0.3 is 17.9 Å². The SMILES string of the molecule is CO[P+](O)(CCC(N)C(=O)O)CC(CCC(=O)O)C(=O)O. The van der Waals surface area contributed by atoms with Crippen molar-refractivity contribution in [3.8, 4) is 0 Å². The van der Waals surface area contributed by atoms with Crippen molar-refractivity contribution in [3.05, 3.63) is 0 Å². The second-order valence-corrected chi connectivity index (χ2v) is 7.51. The highest BCUT2D eigenvalue weighted by Gasteiger charge is 2.42. The Bertz CT molecular complexity index is 390. The lowest BCUT2D eigenvalue weighted by atomic mass is 10.1. The van der Waals surface area contributed by atoms with Crippen molar-refractivity contribution in [2.45, 2.75) is 25.3 Å². The van der Waals surface area contributed by atoms with Crippen molar-refractivity contribution in [2.75, 3.05) is 19.4 Å². The first-order valence-electron chi connectivity index (χ1n) is 6.20. The molecule has 0 bridgehead atoms. The molecule has 0 aliphatic carbocycles. The van der Waals surface area contributed by atoms with Gasteiger partial charge < -0.3 is 21.1 Å². The van der Waals surface area contributed by atoms with E-state index in [1.165, 1.54) is 7.11 Å².